The summed E-state index contributed by atoms with van der Waals surface area (Å²) in [5.74, 6) is 0.621. The molecule has 2 aliphatic rings. The van der Waals surface area contributed by atoms with E-state index < -0.39 is 29.3 Å². The number of likely N-dealkylation sites (tertiary alicyclic amines) is 1. The Bertz CT molecular complexity index is 954. The second kappa shape index (κ2) is 11.8. The summed E-state index contributed by atoms with van der Waals surface area (Å²) in [4.78, 5) is 39.0. The Morgan fingerprint density at radius 3 is 2.19 bits per heavy atom. The molecule has 2 atom stereocenters. The Kier molecular flexibility index (Phi) is 9.27. The van der Waals surface area contributed by atoms with Gasteiger partial charge in [-0.15, -0.1) is 0 Å². The first-order valence-corrected chi connectivity index (χ1v) is 13.3. The minimum Gasteiger partial charge on any atom is -0.482 e. The van der Waals surface area contributed by atoms with Crippen molar-refractivity contribution in [1.29, 1.82) is 0 Å². The maximum absolute atomic E-state index is 12.7. The Hall–Kier alpha value is -2.61. The number of ketones is 1. The highest BCUT2D eigenvalue weighted by Gasteiger charge is 2.43. The molecule has 0 radical (unpaired) electrons. The highest BCUT2D eigenvalue weighted by Crippen LogP contribution is 2.38. The van der Waals surface area contributed by atoms with Crippen molar-refractivity contribution in [2.75, 3.05) is 13.2 Å². The molecule has 1 unspecified atom stereocenters. The summed E-state index contributed by atoms with van der Waals surface area (Å²) >= 11 is 0. The molecule has 1 amide bonds. The number of Topliss-reactive ketones (excluding diaryl/α,β-unsaturated/α-hetero) is 1. The van der Waals surface area contributed by atoms with Gasteiger partial charge in [0.05, 0.1) is 12.7 Å². The third-order valence-electron chi connectivity index (χ3n) is 6.57. The van der Waals surface area contributed by atoms with Crippen molar-refractivity contribution in [3.8, 4) is 5.75 Å². The number of benzene rings is 1. The fourth-order valence-electron chi connectivity index (χ4n) is 5.01. The van der Waals surface area contributed by atoms with Crippen molar-refractivity contribution >= 4 is 17.8 Å². The van der Waals surface area contributed by atoms with Gasteiger partial charge in [0.15, 0.2) is 12.4 Å². The highest BCUT2D eigenvalue weighted by molar-refractivity contribution is 5.91. The van der Waals surface area contributed by atoms with Gasteiger partial charge < -0.3 is 18.9 Å². The third-order valence-corrected chi connectivity index (χ3v) is 6.57. The SMILES string of the molecule is CC1CC(=O)[C@H](COC2CCC(c3ccccc3OCC(=O)OC(C)(C)C)CC2)N1C(=O)OC(C)(C)C. The van der Waals surface area contributed by atoms with Gasteiger partial charge in [-0.05, 0) is 91.7 Å². The molecule has 1 heterocycles. The van der Waals surface area contributed by atoms with Crippen LogP contribution >= 0.6 is 0 Å². The number of amides is 1. The summed E-state index contributed by atoms with van der Waals surface area (Å²) in [5, 5.41) is 0. The summed E-state index contributed by atoms with van der Waals surface area (Å²) in [6, 6.07) is 7.01. The first-order chi connectivity index (χ1) is 17.2. The second-order valence-corrected chi connectivity index (χ2v) is 12.1. The minimum atomic E-state index is -0.626. The summed E-state index contributed by atoms with van der Waals surface area (Å²) in [7, 11) is 0. The summed E-state index contributed by atoms with van der Waals surface area (Å²) < 4.78 is 22.9. The lowest BCUT2D eigenvalue weighted by molar-refractivity contribution is -0.157. The summed E-state index contributed by atoms with van der Waals surface area (Å²) in [6.07, 6.45) is 3.37. The van der Waals surface area contributed by atoms with Gasteiger partial charge in [-0.2, -0.15) is 0 Å². The molecule has 1 aromatic rings. The molecule has 8 nitrogen and oxygen atoms in total. The predicted octanol–water partition coefficient (Wildman–Crippen LogP) is 5.42. The molecule has 1 aliphatic carbocycles. The number of carbonyl (C=O) groups is 3. The Labute approximate surface area is 221 Å². The van der Waals surface area contributed by atoms with Crippen LogP contribution in [0.25, 0.3) is 0 Å². The van der Waals surface area contributed by atoms with Crippen molar-refractivity contribution in [3.63, 3.8) is 0 Å². The van der Waals surface area contributed by atoms with Crippen molar-refractivity contribution in [2.45, 2.75) is 116 Å². The van der Waals surface area contributed by atoms with E-state index in [2.05, 4.69) is 0 Å². The van der Waals surface area contributed by atoms with E-state index in [4.69, 9.17) is 18.9 Å². The van der Waals surface area contributed by atoms with Crippen LogP contribution < -0.4 is 4.74 Å². The van der Waals surface area contributed by atoms with Gasteiger partial charge in [0.25, 0.3) is 0 Å². The number of nitrogens with zero attached hydrogens (tertiary/aromatic N) is 1. The van der Waals surface area contributed by atoms with Crippen LogP contribution in [0.4, 0.5) is 4.79 Å². The van der Waals surface area contributed by atoms with E-state index in [1.807, 2.05) is 72.7 Å². The van der Waals surface area contributed by atoms with Crippen LogP contribution in [-0.4, -0.2) is 65.3 Å². The smallest absolute Gasteiger partial charge is 0.411 e. The third kappa shape index (κ3) is 8.45. The normalized spacial score (nSPS) is 24.6. The average molecular weight is 518 g/mol. The zero-order valence-corrected chi connectivity index (χ0v) is 23.4. The molecule has 37 heavy (non-hydrogen) atoms. The highest BCUT2D eigenvalue weighted by atomic mass is 16.6. The monoisotopic (exact) mass is 517 g/mol. The van der Waals surface area contributed by atoms with Crippen LogP contribution in [-0.2, 0) is 23.8 Å². The van der Waals surface area contributed by atoms with Gasteiger partial charge in [0.1, 0.15) is 23.0 Å². The molecule has 1 saturated heterocycles. The molecule has 0 spiro atoms. The lowest BCUT2D eigenvalue weighted by Gasteiger charge is -2.33. The lowest BCUT2D eigenvalue weighted by atomic mass is 9.82. The lowest BCUT2D eigenvalue weighted by Crippen LogP contribution is -2.47. The van der Waals surface area contributed by atoms with E-state index in [9.17, 15) is 14.4 Å². The van der Waals surface area contributed by atoms with Gasteiger partial charge >= 0.3 is 12.1 Å². The molecule has 8 heteroatoms. The Balaban J connectivity index is 1.53. The maximum Gasteiger partial charge on any atom is 0.411 e. The van der Waals surface area contributed by atoms with E-state index in [0.29, 0.717) is 18.1 Å². The average Bonchev–Trinajstić information content (AvgIpc) is 3.07. The number of carbonyl (C=O) groups excluding carboxylic acids is 3. The molecule has 3 rings (SSSR count). The zero-order valence-electron chi connectivity index (χ0n) is 23.4. The van der Waals surface area contributed by atoms with E-state index in [1.165, 1.54) is 4.90 Å². The molecule has 0 bridgehead atoms. The fraction of sp³-hybridized carbons (Fsp3) is 0.690. The number of rotatable bonds is 7. The van der Waals surface area contributed by atoms with Gasteiger partial charge in [0.2, 0.25) is 0 Å². The minimum absolute atomic E-state index is 0.0168. The van der Waals surface area contributed by atoms with Crippen molar-refractivity contribution in [3.05, 3.63) is 29.8 Å². The number of ether oxygens (including phenoxy) is 4. The van der Waals surface area contributed by atoms with Crippen LogP contribution in [0.15, 0.2) is 24.3 Å². The predicted molar refractivity (Wildman–Crippen MR) is 140 cm³/mol. The molecule has 1 aromatic carbocycles. The molecule has 206 valence electrons. The fourth-order valence-corrected chi connectivity index (χ4v) is 5.01. The Morgan fingerprint density at radius 2 is 1.57 bits per heavy atom. The van der Waals surface area contributed by atoms with Gasteiger partial charge in [-0.1, -0.05) is 18.2 Å². The quantitative estimate of drug-likeness (QED) is 0.446. The Morgan fingerprint density at radius 1 is 0.946 bits per heavy atom. The standard InChI is InChI=1S/C29H43NO7/c1-19-16-24(31)23(30(19)27(33)37-29(5,6)7)17-34-21-14-12-20(13-15-21)22-10-8-9-11-25(22)35-18-26(32)36-28(2,3)4/h8-11,19-21,23H,12-18H2,1-7H3/t19?,20?,21?,23-/m0/s1. The summed E-state index contributed by atoms with van der Waals surface area (Å²) in [5.41, 5.74) is -0.0943. The van der Waals surface area contributed by atoms with E-state index in [1.54, 1.807) is 0 Å². The molecule has 0 N–H and O–H groups in total. The van der Waals surface area contributed by atoms with Crippen molar-refractivity contribution in [2.24, 2.45) is 0 Å². The van der Waals surface area contributed by atoms with Crippen molar-refractivity contribution in [1.82, 2.24) is 4.90 Å². The van der Waals surface area contributed by atoms with Gasteiger partial charge in [-0.25, -0.2) is 9.59 Å². The molecule has 0 aromatic heterocycles. The van der Waals surface area contributed by atoms with Crippen LogP contribution in [0.2, 0.25) is 0 Å². The van der Waals surface area contributed by atoms with Crippen LogP contribution in [0.5, 0.6) is 5.75 Å². The van der Waals surface area contributed by atoms with E-state index in [-0.39, 0.29) is 31.1 Å². The molecule has 2 fully saturated rings. The zero-order chi connectivity index (χ0) is 27.4. The molecule has 1 saturated carbocycles. The van der Waals surface area contributed by atoms with Crippen LogP contribution in [0.1, 0.15) is 92.1 Å². The van der Waals surface area contributed by atoms with E-state index >= 15 is 0 Å². The topological polar surface area (TPSA) is 91.4 Å². The number of para-hydroxylation sites is 1. The molecule has 1 aliphatic heterocycles. The largest absolute Gasteiger partial charge is 0.482 e. The van der Waals surface area contributed by atoms with Crippen LogP contribution in [0.3, 0.4) is 0 Å². The second-order valence-electron chi connectivity index (χ2n) is 12.1. The number of esters is 1. The number of hydrogen-bond acceptors (Lipinski definition) is 7. The molecular weight excluding hydrogens is 474 g/mol. The van der Waals surface area contributed by atoms with Gasteiger partial charge in [0, 0.05) is 12.5 Å². The first kappa shape index (κ1) is 29.0. The first-order valence-electron chi connectivity index (χ1n) is 13.3. The van der Waals surface area contributed by atoms with Gasteiger partial charge in [-0.3, -0.25) is 9.69 Å². The number of hydrogen-bond donors (Lipinski definition) is 0. The van der Waals surface area contributed by atoms with E-state index in [0.717, 1.165) is 31.2 Å². The van der Waals surface area contributed by atoms with Crippen molar-refractivity contribution < 1.29 is 33.3 Å². The molecular formula is C29H43NO7. The maximum atomic E-state index is 12.7. The summed E-state index contributed by atoms with van der Waals surface area (Å²) in [6.45, 7) is 12.9. The van der Waals surface area contributed by atoms with Crippen LogP contribution in [0, 0.1) is 0 Å².